The van der Waals surface area contributed by atoms with Crippen molar-refractivity contribution in [3.63, 3.8) is 0 Å². The molecule has 1 aliphatic rings. The molecule has 0 fully saturated rings. The Balaban J connectivity index is 1.30. The number of thioether (sulfide) groups is 1. The molecule has 4 aromatic rings. The predicted octanol–water partition coefficient (Wildman–Crippen LogP) is 2.21. The molecule has 0 aliphatic carbocycles. The number of hydrogen-bond donors (Lipinski definition) is 2. The highest BCUT2D eigenvalue weighted by Gasteiger charge is 2.19. The van der Waals surface area contributed by atoms with Gasteiger partial charge in [-0.05, 0) is 48.4 Å². The maximum Gasteiger partial charge on any atom is 0.266 e. The van der Waals surface area contributed by atoms with Crippen molar-refractivity contribution in [1.82, 2.24) is 14.9 Å². The zero-order valence-corrected chi connectivity index (χ0v) is 21.1. The van der Waals surface area contributed by atoms with Gasteiger partial charge in [0.15, 0.2) is 16.7 Å². The molecule has 12 heteroatoms. The second kappa shape index (κ2) is 10.2. The van der Waals surface area contributed by atoms with Crippen LogP contribution in [0.1, 0.15) is 5.56 Å². The molecule has 0 spiro atoms. The van der Waals surface area contributed by atoms with E-state index in [9.17, 15) is 18.0 Å². The Morgan fingerprint density at radius 3 is 2.59 bits per heavy atom. The van der Waals surface area contributed by atoms with Crippen molar-refractivity contribution in [3.8, 4) is 17.2 Å². The van der Waals surface area contributed by atoms with E-state index in [1.165, 1.54) is 16.7 Å². The van der Waals surface area contributed by atoms with Gasteiger partial charge >= 0.3 is 0 Å². The molecule has 3 aromatic carbocycles. The lowest BCUT2D eigenvalue weighted by Crippen LogP contribution is -2.28. The van der Waals surface area contributed by atoms with Gasteiger partial charge in [-0.15, -0.1) is 0 Å². The molecule has 0 atom stereocenters. The monoisotopic (exact) mass is 538 g/mol. The molecule has 0 saturated carbocycles. The standard InChI is InChI=1S/C25H22N4O6S2/c26-37(32,33)18-8-5-16(6-9-18)11-12-27-23(30)14-36-25-28-20-4-2-1-3-19(20)24(31)29(25)17-7-10-21-22(13-17)35-15-34-21/h1-10,13H,11-12,14-15H2,(H,27,30)(H2,26,32,33). The molecular weight excluding hydrogens is 516 g/mol. The quantitative estimate of drug-likeness (QED) is 0.257. The second-order valence-corrected chi connectivity index (χ2v) is 10.7. The van der Waals surface area contributed by atoms with Gasteiger partial charge in [-0.3, -0.25) is 14.2 Å². The highest BCUT2D eigenvalue weighted by Crippen LogP contribution is 2.34. The minimum Gasteiger partial charge on any atom is -0.454 e. The van der Waals surface area contributed by atoms with Crippen LogP contribution in [0.3, 0.4) is 0 Å². The molecule has 190 valence electrons. The summed E-state index contributed by atoms with van der Waals surface area (Å²) in [6.07, 6.45) is 0.511. The Hall–Kier alpha value is -3.87. The fraction of sp³-hybridized carbons (Fsp3) is 0.160. The molecule has 0 saturated heterocycles. The van der Waals surface area contributed by atoms with Gasteiger partial charge in [-0.2, -0.15) is 0 Å². The van der Waals surface area contributed by atoms with E-state index in [0.717, 1.165) is 17.3 Å². The molecule has 5 rings (SSSR count). The summed E-state index contributed by atoms with van der Waals surface area (Å²) < 4.78 is 35.1. The number of sulfonamides is 1. The van der Waals surface area contributed by atoms with Gasteiger partial charge in [0, 0.05) is 12.6 Å². The summed E-state index contributed by atoms with van der Waals surface area (Å²) in [4.78, 5) is 30.6. The van der Waals surface area contributed by atoms with Crippen molar-refractivity contribution in [2.24, 2.45) is 5.14 Å². The first kappa shape index (κ1) is 24.8. The SMILES string of the molecule is NS(=O)(=O)c1ccc(CCNC(=O)CSc2nc3ccccc3c(=O)n2-c2ccc3c(c2)OCO3)cc1. The van der Waals surface area contributed by atoms with Crippen LogP contribution in [0.2, 0.25) is 0 Å². The lowest BCUT2D eigenvalue weighted by Gasteiger charge is -2.14. The number of benzene rings is 3. The number of carbonyl (C=O) groups excluding carboxylic acids is 1. The number of hydrogen-bond acceptors (Lipinski definition) is 8. The van der Waals surface area contributed by atoms with Crippen LogP contribution in [0.5, 0.6) is 11.5 Å². The topological polar surface area (TPSA) is 143 Å². The maximum absolute atomic E-state index is 13.4. The summed E-state index contributed by atoms with van der Waals surface area (Å²) in [5.74, 6) is 0.937. The van der Waals surface area contributed by atoms with Gasteiger partial charge in [0.1, 0.15) is 0 Å². The fourth-order valence-corrected chi connectivity index (χ4v) is 5.19. The first-order valence-electron chi connectivity index (χ1n) is 11.2. The van der Waals surface area contributed by atoms with Crippen molar-refractivity contribution in [2.45, 2.75) is 16.5 Å². The minimum absolute atomic E-state index is 0.0353. The molecule has 1 aromatic heterocycles. The lowest BCUT2D eigenvalue weighted by molar-refractivity contribution is -0.118. The smallest absolute Gasteiger partial charge is 0.266 e. The third-order valence-corrected chi connectivity index (χ3v) is 7.55. The molecule has 2 heterocycles. The van der Waals surface area contributed by atoms with Crippen LogP contribution in [0, 0.1) is 0 Å². The van der Waals surface area contributed by atoms with E-state index in [1.807, 2.05) is 0 Å². The molecule has 37 heavy (non-hydrogen) atoms. The molecular formula is C25H22N4O6S2. The third-order valence-electron chi connectivity index (χ3n) is 5.68. The molecule has 1 aliphatic heterocycles. The molecule has 0 radical (unpaired) electrons. The summed E-state index contributed by atoms with van der Waals surface area (Å²) in [5, 5.41) is 8.78. The van der Waals surface area contributed by atoms with Crippen molar-refractivity contribution in [3.05, 3.63) is 82.6 Å². The molecule has 1 amide bonds. The van der Waals surface area contributed by atoms with E-state index in [4.69, 9.17) is 14.6 Å². The van der Waals surface area contributed by atoms with E-state index in [2.05, 4.69) is 10.3 Å². The second-order valence-electron chi connectivity index (χ2n) is 8.17. The number of fused-ring (bicyclic) bond motifs is 2. The van der Waals surface area contributed by atoms with Crippen LogP contribution < -0.4 is 25.5 Å². The van der Waals surface area contributed by atoms with Crippen molar-refractivity contribution in [2.75, 3.05) is 19.1 Å². The van der Waals surface area contributed by atoms with Crippen molar-refractivity contribution >= 4 is 38.6 Å². The van der Waals surface area contributed by atoms with Crippen LogP contribution >= 0.6 is 11.8 Å². The molecule has 3 N–H and O–H groups in total. The summed E-state index contributed by atoms with van der Waals surface area (Å²) in [6.45, 7) is 0.468. The Kier molecular flexibility index (Phi) is 6.87. The summed E-state index contributed by atoms with van der Waals surface area (Å²) >= 11 is 1.15. The van der Waals surface area contributed by atoms with Crippen molar-refractivity contribution in [1.29, 1.82) is 0 Å². The van der Waals surface area contributed by atoms with Gasteiger partial charge < -0.3 is 14.8 Å². The Bertz CT molecular complexity index is 1650. The number of nitrogens with one attached hydrogen (secondary N) is 1. The lowest BCUT2D eigenvalue weighted by atomic mass is 10.1. The number of ether oxygens (including phenoxy) is 2. The average molecular weight is 539 g/mol. The first-order chi connectivity index (χ1) is 17.8. The predicted molar refractivity (Wildman–Crippen MR) is 139 cm³/mol. The first-order valence-corrected chi connectivity index (χ1v) is 13.8. The largest absolute Gasteiger partial charge is 0.454 e. The van der Waals surface area contributed by atoms with Crippen LogP contribution in [-0.2, 0) is 21.2 Å². The number of carbonyl (C=O) groups is 1. The number of para-hydroxylation sites is 1. The number of amides is 1. The van der Waals surface area contributed by atoms with Crippen molar-refractivity contribution < 1.29 is 22.7 Å². The number of aromatic nitrogens is 2. The average Bonchev–Trinajstić information content (AvgIpc) is 3.35. The fourth-order valence-electron chi connectivity index (χ4n) is 3.83. The van der Waals surface area contributed by atoms with E-state index in [0.29, 0.717) is 46.2 Å². The zero-order chi connectivity index (χ0) is 26.0. The Labute approximate surface area is 216 Å². The third kappa shape index (κ3) is 5.45. The van der Waals surface area contributed by atoms with Gasteiger partial charge in [0.25, 0.3) is 5.56 Å². The number of primary sulfonamides is 1. The summed E-state index contributed by atoms with van der Waals surface area (Å²) in [6, 6.07) is 18.4. The van der Waals surface area contributed by atoms with Gasteiger partial charge in [0.05, 0.1) is 27.2 Å². The summed E-state index contributed by atoms with van der Waals surface area (Å²) in [5.41, 5.74) is 1.69. The van der Waals surface area contributed by atoms with E-state index in [-0.39, 0.29) is 28.9 Å². The van der Waals surface area contributed by atoms with Gasteiger partial charge in [-0.1, -0.05) is 36.0 Å². The number of nitrogens with two attached hydrogens (primary N) is 1. The number of rotatable bonds is 8. The summed E-state index contributed by atoms with van der Waals surface area (Å²) in [7, 11) is -3.75. The van der Waals surface area contributed by atoms with E-state index < -0.39 is 10.0 Å². The van der Waals surface area contributed by atoms with E-state index in [1.54, 1.807) is 54.6 Å². The maximum atomic E-state index is 13.4. The van der Waals surface area contributed by atoms with E-state index >= 15 is 0 Å². The zero-order valence-electron chi connectivity index (χ0n) is 19.4. The van der Waals surface area contributed by atoms with Gasteiger partial charge in [-0.25, -0.2) is 18.5 Å². The highest BCUT2D eigenvalue weighted by molar-refractivity contribution is 7.99. The normalized spacial score (nSPS) is 12.6. The van der Waals surface area contributed by atoms with Crippen LogP contribution in [-0.4, -0.2) is 43.0 Å². The highest BCUT2D eigenvalue weighted by atomic mass is 32.2. The molecule has 10 nitrogen and oxygen atoms in total. The Morgan fingerprint density at radius 2 is 1.81 bits per heavy atom. The molecule has 0 bridgehead atoms. The van der Waals surface area contributed by atoms with Crippen LogP contribution in [0.15, 0.2) is 81.6 Å². The number of nitrogens with zero attached hydrogens (tertiary/aromatic N) is 2. The Morgan fingerprint density at radius 1 is 1.05 bits per heavy atom. The van der Waals surface area contributed by atoms with Crippen LogP contribution in [0.4, 0.5) is 0 Å². The molecule has 0 unspecified atom stereocenters. The minimum atomic E-state index is -3.75. The van der Waals surface area contributed by atoms with Crippen LogP contribution in [0.25, 0.3) is 16.6 Å². The van der Waals surface area contributed by atoms with Gasteiger partial charge in [0.2, 0.25) is 22.7 Å².